The molecule has 2 N–H and O–H groups in total. The number of ketones is 1. The van der Waals surface area contributed by atoms with Gasteiger partial charge in [-0.3, -0.25) is 4.79 Å². The number of carbonyl (C=O) groups excluding carboxylic acids is 1. The van der Waals surface area contributed by atoms with Crippen LogP contribution < -0.4 is 10.5 Å². The first-order valence-corrected chi connectivity index (χ1v) is 8.20. The topological polar surface area (TPSA) is 52.3 Å². The SMILES string of the molecule is NCC1(C(=O)Cc2cc(Cl)cc3c2OCC3)CCCCC1. The van der Waals surface area contributed by atoms with E-state index in [1.165, 1.54) is 6.42 Å². The van der Waals surface area contributed by atoms with Gasteiger partial charge in [-0.2, -0.15) is 0 Å². The number of hydrogen-bond acceptors (Lipinski definition) is 3. The van der Waals surface area contributed by atoms with E-state index in [2.05, 4.69) is 0 Å². The fourth-order valence-corrected chi connectivity index (χ4v) is 3.93. The van der Waals surface area contributed by atoms with E-state index in [9.17, 15) is 4.79 Å². The number of nitrogens with two attached hydrogens (primary N) is 1. The summed E-state index contributed by atoms with van der Waals surface area (Å²) in [6.07, 6.45) is 6.53. The molecule has 0 unspecified atom stereocenters. The number of benzene rings is 1. The fourth-order valence-electron chi connectivity index (χ4n) is 3.66. The lowest BCUT2D eigenvalue weighted by atomic mass is 9.70. The molecule has 4 heteroatoms. The van der Waals surface area contributed by atoms with Gasteiger partial charge in [-0.1, -0.05) is 30.9 Å². The Kier molecular flexibility index (Phi) is 4.23. The normalized spacial score (nSPS) is 19.9. The van der Waals surface area contributed by atoms with E-state index < -0.39 is 0 Å². The molecule has 1 heterocycles. The predicted octanol–water partition coefficient (Wildman–Crippen LogP) is 3.30. The smallest absolute Gasteiger partial charge is 0.144 e. The molecule has 3 nitrogen and oxygen atoms in total. The van der Waals surface area contributed by atoms with Crippen LogP contribution in [0.1, 0.15) is 43.2 Å². The second-order valence-corrected chi connectivity index (χ2v) is 6.73. The molecule has 1 aromatic rings. The maximum atomic E-state index is 12.9. The summed E-state index contributed by atoms with van der Waals surface area (Å²) in [4.78, 5) is 12.9. The van der Waals surface area contributed by atoms with E-state index in [0.717, 1.165) is 49.0 Å². The molecular formula is C17H22ClNO2. The van der Waals surface area contributed by atoms with Crippen molar-refractivity contribution in [2.45, 2.75) is 44.9 Å². The van der Waals surface area contributed by atoms with Crippen LogP contribution >= 0.6 is 11.6 Å². The van der Waals surface area contributed by atoms with E-state index in [1.54, 1.807) is 0 Å². The molecule has 0 aromatic heterocycles. The molecule has 0 saturated heterocycles. The number of hydrogen-bond donors (Lipinski definition) is 1. The number of ether oxygens (including phenoxy) is 1. The maximum absolute atomic E-state index is 12.9. The van der Waals surface area contributed by atoms with E-state index in [0.29, 0.717) is 24.6 Å². The molecule has 1 fully saturated rings. The van der Waals surface area contributed by atoms with E-state index in [4.69, 9.17) is 22.1 Å². The van der Waals surface area contributed by atoms with Gasteiger partial charge in [-0.15, -0.1) is 0 Å². The van der Waals surface area contributed by atoms with Crippen LogP contribution in [0, 0.1) is 5.41 Å². The van der Waals surface area contributed by atoms with Crippen LogP contribution in [-0.2, 0) is 17.6 Å². The minimum atomic E-state index is -0.327. The van der Waals surface area contributed by atoms with Crippen LogP contribution in [-0.4, -0.2) is 18.9 Å². The van der Waals surface area contributed by atoms with Crippen molar-refractivity contribution in [1.82, 2.24) is 0 Å². The van der Waals surface area contributed by atoms with Crippen molar-refractivity contribution < 1.29 is 9.53 Å². The molecule has 1 saturated carbocycles. The third-order valence-corrected chi connectivity index (χ3v) is 5.19. The first-order chi connectivity index (χ1) is 10.1. The minimum Gasteiger partial charge on any atom is -0.493 e. The van der Waals surface area contributed by atoms with Gasteiger partial charge < -0.3 is 10.5 Å². The molecule has 0 atom stereocenters. The van der Waals surface area contributed by atoms with Crippen LogP contribution in [0.2, 0.25) is 5.02 Å². The van der Waals surface area contributed by atoms with Gasteiger partial charge in [0, 0.05) is 35.4 Å². The van der Waals surface area contributed by atoms with Crippen molar-refractivity contribution in [3.8, 4) is 5.75 Å². The van der Waals surface area contributed by atoms with Crippen molar-refractivity contribution in [3.05, 3.63) is 28.3 Å². The molecule has 1 aliphatic carbocycles. The molecule has 21 heavy (non-hydrogen) atoms. The zero-order valence-corrected chi connectivity index (χ0v) is 13.0. The van der Waals surface area contributed by atoms with Crippen LogP contribution in [0.15, 0.2) is 12.1 Å². The largest absolute Gasteiger partial charge is 0.493 e. The number of Topliss-reactive ketones (excluding diaryl/α,β-unsaturated/α-hetero) is 1. The lowest BCUT2D eigenvalue weighted by molar-refractivity contribution is -0.129. The fraction of sp³-hybridized carbons (Fsp3) is 0.588. The Labute approximate surface area is 130 Å². The molecule has 1 aliphatic heterocycles. The summed E-state index contributed by atoms with van der Waals surface area (Å²) in [5.41, 5.74) is 7.68. The highest BCUT2D eigenvalue weighted by molar-refractivity contribution is 6.30. The highest BCUT2D eigenvalue weighted by Crippen LogP contribution is 2.39. The lowest BCUT2D eigenvalue weighted by Crippen LogP contribution is -2.41. The Morgan fingerprint density at radius 1 is 1.29 bits per heavy atom. The van der Waals surface area contributed by atoms with Gasteiger partial charge in [0.15, 0.2) is 0 Å². The predicted molar refractivity (Wildman–Crippen MR) is 83.9 cm³/mol. The zero-order valence-electron chi connectivity index (χ0n) is 12.3. The molecule has 2 aliphatic rings. The molecule has 1 aromatic carbocycles. The summed E-state index contributed by atoms with van der Waals surface area (Å²) >= 11 is 6.17. The van der Waals surface area contributed by atoms with Gasteiger partial charge in [0.1, 0.15) is 11.5 Å². The summed E-state index contributed by atoms with van der Waals surface area (Å²) in [7, 11) is 0. The van der Waals surface area contributed by atoms with Crippen molar-refractivity contribution in [2.75, 3.05) is 13.2 Å². The van der Waals surface area contributed by atoms with Crippen LogP contribution in [0.3, 0.4) is 0 Å². The van der Waals surface area contributed by atoms with Gasteiger partial charge in [-0.05, 0) is 30.5 Å². The Bertz CT molecular complexity index is 550. The van der Waals surface area contributed by atoms with Crippen LogP contribution in [0.5, 0.6) is 5.75 Å². The lowest BCUT2D eigenvalue weighted by Gasteiger charge is -2.34. The number of halogens is 1. The second-order valence-electron chi connectivity index (χ2n) is 6.30. The van der Waals surface area contributed by atoms with Crippen LogP contribution in [0.4, 0.5) is 0 Å². The van der Waals surface area contributed by atoms with Gasteiger partial charge in [0.25, 0.3) is 0 Å². The maximum Gasteiger partial charge on any atom is 0.144 e. The first kappa shape index (κ1) is 14.9. The van der Waals surface area contributed by atoms with Crippen molar-refractivity contribution in [2.24, 2.45) is 11.1 Å². The summed E-state index contributed by atoms with van der Waals surface area (Å²) in [5, 5.41) is 0.687. The standard InChI is InChI=1S/C17H22ClNO2/c18-14-8-12-4-7-21-16(12)13(9-14)10-15(20)17(11-19)5-2-1-3-6-17/h8-9H,1-7,10-11,19H2. The van der Waals surface area contributed by atoms with Gasteiger partial charge >= 0.3 is 0 Å². The van der Waals surface area contributed by atoms with Crippen LogP contribution in [0.25, 0.3) is 0 Å². The van der Waals surface area contributed by atoms with Crippen molar-refractivity contribution in [3.63, 3.8) is 0 Å². The number of fused-ring (bicyclic) bond motifs is 1. The highest BCUT2D eigenvalue weighted by atomic mass is 35.5. The van der Waals surface area contributed by atoms with Crippen molar-refractivity contribution >= 4 is 17.4 Å². The third-order valence-electron chi connectivity index (χ3n) is 4.97. The minimum absolute atomic E-state index is 0.254. The Morgan fingerprint density at radius 3 is 2.76 bits per heavy atom. The highest BCUT2D eigenvalue weighted by Gasteiger charge is 2.38. The average molecular weight is 308 g/mol. The molecule has 114 valence electrons. The monoisotopic (exact) mass is 307 g/mol. The van der Waals surface area contributed by atoms with E-state index >= 15 is 0 Å². The Morgan fingerprint density at radius 2 is 2.05 bits per heavy atom. The zero-order chi connectivity index (χ0) is 14.9. The molecule has 0 bridgehead atoms. The first-order valence-electron chi connectivity index (χ1n) is 7.82. The Balaban J connectivity index is 1.84. The summed E-state index contributed by atoms with van der Waals surface area (Å²) < 4.78 is 5.70. The number of rotatable bonds is 4. The van der Waals surface area contributed by atoms with Gasteiger partial charge in [0.2, 0.25) is 0 Å². The Hall–Kier alpha value is -1.06. The second kappa shape index (κ2) is 5.98. The molecule has 0 spiro atoms. The summed E-state index contributed by atoms with van der Waals surface area (Å²) in [6, 6.07) is 3.81. The molecule has 0 amide bonds. The van der Waals surface area contributed by atoms with Gasteiger partial charge in [-0.25, -0.2) is 0 Å². The van der Waals surface area contributed by atoms with Crippen molar-refractivity contribution in [1.29, 1.82) is 0 Å². The average Bonchev–Trinajstić information content (AvgIpc) is 2.96. The van der Waals surface area contributed by atoms with E-state index in [1.807, 2.05) is 12.1 Å². The number of carbonyl (C=O) groups is 1. The summed E-state index contributed by atoms with van der Waals surface area (Å²) in [5.74, 6) is 1.13. The quantitative estimate of drug-likeness (QED) is 0.928. The molecule has 3 rings (SSSR count). The van der Waals surface area contributed by atoms with Gasteiger partial charge in [0.05, 0.1) is 6.61 Å². The van der Waals surface area contributed by atoms with E-state index in [-0.39, 0.29) is 11.2 Å². The third kappa shape index (κ3) is 2.82. The molecular weight excluding hydrogens is 286 g/mol. The molecule has 0 radical (unpaired) electrons. The summed E-state index contributed by atoms with van der Waals surface area (Å²) in [6.45, 7) is 1.13.